The van der Waals surface area contributed by atoms with E-state index in [0.29, 0.717) is 0 Å². The maximum atomic E-state index is 5.99. The van der Waals surface area contributed by atoms with Gasteiger partial charge < -0.3 is 4.90 Å². The van der Waals surface area contributed by atoms with Gasteiger partial charge in [0.1, 0.15) is 6.54 Å². The largest absolute Gasteiger partial charge is 0.333 e. The van der Waals surface area contributed by atoms with Crippen LogP contribution in [0.2, 0.25) is 5.02 Å². The Bertz CT molecular complexity index is 485. The maximum Gasteiger partial charge on any atom is 0.185 e. The molecule has 1 atom stereocenters. The van der Waals surface area contributed by atoms with Crippen LogP contribution in [0.25, 0.3) is 0 Å². The summed E-state index contributed by atoms with van der Waals surface area (Å²) in [5.41, 5.74) is 2.57. The number of pyridine rings is 1. The lowest BCUT2D eigenvalue weighted by molar-refractivity contribution is -0.893. The van der Waals surface area contributed by atoms with E-state index in [1.54, 1.807) is 0 Å². The van der Waals surface area contributed by atoms with Gasteiger partial charge in [-0.25, -0.2) is 4.98 Å². The Morgan fingerprint density at radius 2 is 2.06 bits per heavy atom. The number of likely N-dealkylation sites (N-methyl/N-ethyl adjacent to an activating group) is 1. The molecule has 0 spiro atoms. The summed E-state index contributed by atoms with van der Waals surface area (Å²) in [7, 11) is 2.21. The molecule has 2 N–H and O–H groups in total. The van der Waals surface area contributed by atoms with Crippen molar-refractivity contribution in [2.24, 2.45) is 0 Å². The molecule has 0 fully saturated rings. The molecule has 0 aliphatic rings. The van der Waals surface area contributed by atoms with Crippen LogP contribution in [0.15, 0.2) is 48.7 Å². The Morgan fingerprint density at radius 3 is 2.78 bits per heavy atom. The van der Waals surface area contributed by atoms with Gasteiger partial charge in [-0.15, -0.1) is 0 Å². The summed E-state index contributed by atoms with van der Waals surface area (Å²) in [4.78, 5) is 4.74. The highest BCUT2D eigenvalue weighted by molar-refractivity contribution is 6.30. The minimum atomic E-state index is 0.816. The van der Waals surface area contributed by atoms with Crippen LogP contribution in [0.5, 0.6) is 0 Å². The van der Waals surface area contributed by atoms with Crippen molar-refractivity contribution in [3.05, 3.63) is 64.9 Å². The highest BCUT2D eigenvalue weighted by atomic mass is 35.5. The molecule has 18 heavy (non-hydrogen) atoms. The van der Waals surface area contributed by atoms with E-state index in [1.165, 1.54) is 16.2 Å². The van der Waals surface area contributed by atoms with E-state index < -0.39 is 0 Å². The highest BCUT2D eigenvalue weighted by Crippen LogP contribution is 2.09. The van der Waals surface area contributed by atoms with Crippen molar-refractivity contribution in [2.75, 3.05) is 13.6 Å². The molecule has 0 saturated heterocycles. The molecule has 0 aliphatic heterocycles. The minimum absolute atomic E-state index is 0.816. The fourth-order valence-electron chi connectivity index (χ4n) is 2.02. The first-order chi connectivity index (χ1) is 8.74. The van der Waals surface area contributed by atoms with Gasteiger partial charge in [0.15, 0.2) is 11.9 Å². The molecule has 0 bridgehead atoms. The van der Waals surface area contributed by atoms with Crippen molar-refractivity contribution < 1.29 is 9.88 Å². The summed E-state index contributed by atoms with van der Waals surface area (Å²) >= 11 is 5.99. The number of benzene rings is 1. The Kier molecular flexibility index (Phi) is 4.73. The number of hydrogen-bond acceptors (Lipinski definition) is 0. The zero-order valence-corrected chi connectivity index (χ0v) is 11.4. The lowest BCUT2D eigenvalue weighted by Crippen LogP contribution is -3.07. The molecule has 0 saturated carbocycles. The van der Waals surface area contributed by atoms with Crippen LogP contribution < -0.4 is 9.88 Å². The van der Waals surface area contributed by atoms with Gasteiger partial charge in [-0.1, -0.05) is 29.8 Å². The second kappa shape index (κ2) is 6.53. The number of H-pyrrole nitrogens is 1. The van der Waals surface area contributed by atoms with Gasteiger partial charge in [0, 0.05) is 22.7 Å². The molecule has 1 aromatic carbocycles. The third-order valence-electron chi connectivity index (χ3n) is 2.99. The number of aromatic amines is 1. The molecule has 3 heteroatoms. The van der Waals surface area contributed by atoms with Crippen molar-refractivity contribution in [3.8, 4) is 0 Å². The second-order valence-electron chi connectivity index (χ2n) is 4.65. The van der Waals surface area contributed by atoms with E-state index >= 15 is 0 Å². The number of aromatic nitrogens is 1. The third kappa shape index (κ3) is 4.13. The predicted molar refractivity (Wildman–Crippen MR) is 73.6 cm³/mol. The van der Waals surface area contributed by atoms with Crippen LogP contribution in [-0.2, 0) is 13.0 Å². The van der Waals surface area contributed by atoms with Crippen molar-refractivity contribution in [1.82, 2.24) is 0 Å². The molecule has 2 nitrogen and oxygen atoms in total. The molecule has 0 radical (unpaired) electrons. The molecule has 1 unspecified atom stereocenters. The summed E-state index contributed by atoms with van der Waals surface area (Å²) in [6.45, 7) is 2.11. The van der Waals surface area contributed by atoms with E-state index in [1.807, 2.05) is 30.5 Å². The molecule has 2 aromatic rings. The standard InChI is InChI=1S/C15H17ClN2/c1-18(10-8-15-7-2-3-9-17-15)12-13-5-4-6-14(16)11-13/h2-7,9,11H,8,10,12H2,1H3/p+2. The second-order valence-corrected chi connectivity index (χ2v) is 5.09. The smallest absolute Gasteiger partial charge is 0.185 e. The lowest BCUT2D eigenvalue weighted by atomic mass is 10.2. The summed E-state index contributed by atoms with van der Waals surface area (Å²) in [5.74, 6) is 0. The van der Waals surface area contributed by atoms with E-state index in [-0.39, 0.29) is 0 Å². The zero-order chi connectivity index (χ0) is 12.8. The minimum Gasteiger partial charge on any atom is -0.333 e. The molecule has 0 amide bonds. The first kappa shape index (κ1) is 13.1. The third-order valence-corrected chi connectivity index (χ3v) is 3.22. The van der Waals surface area contributed by atoms with Crippen molar-refractivity contribution in [2.45, 2.75) is 13.0 Å². The van der Waals surface area contributed by atoms with Gasteiger partial charge in [0.05, 0.1) is 20.0 Å². The fourth-order valence-corrected chi connectivity index (χ4v) is 2.23. The fraction of sp³-hybridized carbons (Fsp3) is 0.267. The first-order valence-electron chi connectivity index (χ1n) is 6.25. The zero-order valence-electron chi connectivity index (χ0n) is 10.6. The van der Waals surface area contributed by atoms with Crippen LogP contribution in [0, 0.1) is 0 Å². The SMILES string of the molecule is C[NH+](CCc1cccc[nH+]1)Cc1cccc(Cl)c1. The number of nitrogens with one attached hydrogen (secondary N) is 2. The summed E-state index contributed by atoms with van der Waals surface area (Å²) in [5, 5.41) is 0.816. The van der Waals surface area contributed by atoms with Crippen LogP contribution in [0.4, 0.5) is 0 Å². The molecular weight excluding hydrogens is 244 g/mol. The van der Waals surface area contributed by atoms with E-state index in [2.05, 4.69) is 30.2 Å². The number of halogens is 1. The number of quaternary nitrogens is 1. The summed E-state index contributed by atoms with van der Waals surface area (Å²) in [6.07, 6.45) is 3.04. The van der Waals surface area contributed by atoms with Gasteiger partial charge >= 0.3 is 0 Å². The highest BCUT2D eigenvalue weighted by Gasteiger charge is 2.07. The Balaban J connectivity index is 1.84. The van der Waals surface area contributed by atoms with Gasteiger partial charge in [0.25, 0.3) is 0 Å². The van der Waals surface area contributed by atoms with Crippen LogP contribution in [0.1, 0.15) is 11.3 Å². The van der Waals surface area contributed by atoms with E-state index in [4.69, 9.17) is 11.6 Å². The summed E-state index contributed by atoms with van der Waals surface area (Å²) in [6, 6.07) is 14.3. The van der Waals surface area contributed by atoms with E-state index in [0.717, 1.165) is 24.5 Å². The van der Waals surface area contributed by atoms with Crippen molar-refractivity contribution in [3.63, 3.8) is 0 Å². The van der Waals surface area contributed by atoms with Gasteiger partial charge in [-0.05, 0) is 12.1 Å². The number of hydrogen-bond donors (Lipinski definition) is 1. The lowest BCUT2D eigenvalue weighted by Gasteiger charge is -2.13. The van der Waals surface area contributed by atoms with Crippen molar-refractivity contribution >= 4 is 11.6 Å². The summed E-state index contributed by atoms with van der Waals surface area (Å²) < 4.78 is 0. The van der Waals surface area contributed by atoms with Gasteiger partial charge in [-0.2, -0.15) is 0 Å². The van der Waals surface area contributed by atoms with Crippen LogP contribution in [0.3, 0.4) is 0 Å². The number of rotatable bonds is 5. The predicted octanol–water partition coefficient (Wildman–Crippen LogP) is 1.41. The van der Waals surface area contributed by atoms with Gasteiger partial charge in [-0.3, -0.25) is 0 Å². The van der Waals surface area contributed by atoms with Gasteiger partial charge in [0.2, 0.25) is 0 Å². The molecule has 1 aromatic heterocycles. The Morgan fingerprint density at radius 1 is 1.17 bits per heavy atom. The maximum absolute atomic E-state index is 5.99. The average Bonchev–Trinajstić information content (AvgIpc) is 2.38. The Labute approximate surface area is 113 Å². The first-order valence-corrected chi connectivity index (χ1v) is 6.63. The quantitative estimate of drug-likeness (QED) is 0.840. The molecule has 1 heterocycles. The van der Waals surface area contributed by atoms with Crippen LogP contribution >= 0.6 is 11.6 Å². The Hall–Kier alpha value is -1.38. The normalized spacial score (nSPS) is 12.3. The molecular formula is C15H19ClN2+2. The average molecular weight is 263 g/mol. The molecule has 0 aliphatic carbocycles. The molecule has 2 rings (SSSR count). The monoisotopic (exact) mass is 262 g/mol. The van der Waals surface area contributed by atoms with E-state index in [9.17, 15) is 0 Å². The van der Waals surface area contributed by atoms with Crippen LogP contribution in [-0.4, -0.2) is 13.6 Å². The topological polar surface area (TPSA) is 18.6 Å². The van der Waals surface area contributed by atoms with Crippen molar-refractivity contribution in [1.29, 1.82) is 0 Å². The molecule has 94 valence electrons.